The molecule has 0 aliphatic rings. The van der Waals surface area contributed by atoms with Crippen molar-refractivity contribution in [3.8, 4) is 6.07 Å². The Balaban J connectivity index is 2.31. The maximum absolute atomic E-state index is 12.8. The topological polar surface area (TPSA) is 74.9 Å². The molecule has 0 spiro atoms. The normalized spacial score (nSPS) is 11.1. The van der Waals surface area contributed by atoms with Crippen LogP contribution in [0.25, 0.3) is 0 Å². The van der Waals surface area contributed by atoms with Gasteiger partial charge in [-0.25, -0.2) is 0 Å². The molecule has 0 fully saturated rings. The molecule has 9 heteroatoms. The summed E-state index contributed by atoms with van der Waals surface area (Å²) in [5.41, 5.74) is -1.00. The van der Waals surface area contributed by atoms with Crippen LogP contribution in [0.3, 0.4) is 0 Å². The lowest BCUT2D eigenvalue weighted by Gasteiger charge is -2.14. The summed E-state index contributed by atoms with van der Waals surface area (Å²) in [7, 11) is 0. The third kappa shape index (κ3) is 4.06. The Morgan fingerprint density at radius 2 is 1.96 bits per heavy atom. The molecule has 0 aliphatic carbocycles. The number of amides is 1. The Kier molecular flexibility index (Phi) is 5.42. The van der Waals surface area contributed by atoms with Gasteiger partial charge in [-0.1, -0.05) is 11.6 Å². The number of aromatic nitrogens is 1. The number of aryl methyl sites for hydroxylation is 2. The summed E-state index contributed by atoms with van der Waals surface area (Å²) in [6, 6.07) is 5.89. The van der Waals surface area contributed by atoms with Crippen molar-refractivity contribution in [1.29, 1.82) is 5.26 Å². The number of alkyl halides is 3. The number of benzene rings is 1. The lowest BCUT2D eigenvalue weighted by molar-refractivity contribution is -0.137. The van der Waals surface area contributed by atoms with Gasteiger partial charge >= 0.3 is 6.18 Å². The second-order valence-electron chi connectivity index (χ2n) is 5.59. The predicted molar refractivity (Wildman–Crippen MR) is 90.0 cm³/mol. The van der Waals surface area contributed by atoms with Crippen molar-refractivity contribution in [1.82, 2.24) is 4.57 Å². The smallest absolute Gasteiger partial charge is 0.323 e. The summed E-state index contributed by atoms with van der Waals surface area (Å²) in [4.78, 5) is 24.5. The quantitative estimate of drug-likeness (QED) is 0.879. The zero-order valence-corrected chi connectivity index (χ0v) is 14.5. The molecule has 136 valence electrons. The van der Waals surface area contributed by atoms with E-state index in [-0.39, 0.29) is 16.3 Å². The van der Waals surface area contributed by atoms with Crippen LogP contribution in [0.15, 0.2) is 29.1 Å². The van der Waals surface area contributed by atoms with E-state index in [0.717, 1.165) is 16.7 Å². The molecule has 0 radical (unpaired) electrons. The minimum Gasteiger partial charge on any atom is -0.323 e. The summed E-state index contributed by atoms with van der Waals surface area (Å²) in [5.74, 6) is -0.746. The number of nitriles is 1. The minimum absolute atomic E-state index is 0.0722. The highest BCUT2D eigenvalue weighted by atomic mass is 35.5. The average Bonchev–Trinajstić information content (AvgIpc) is 2.52. The van der Waals surface area contributed by atoms with Gasteiger partial charge in [-0.05, 0) is 43.7 Å². The van der Waals surface area contributed by atoms with Crippen molar-refractivity contribution in [3.63, 3.8) is 0 Å². The highest BCUT2D eigenvalue weighted by Gasteiger charge is 2.31. The molecule has 2 rings (SSSR count). The maximum Gasteiger partial charge on any atom is 0.416 e. The van der Waals surface area contributed by atoms with Gasteiger partial charge in [0.1, 0.15) is 18.2 Å². The van der Waals surface area contributed by atoms with Gasteiger partial charge in [0.2, 0.25) is 5.91 Å². The largest absolute Gasteiger partial charge is 0.416 e. The van der Waals surface area contributed by atoms with Crippen LogP contribution in [0, 0.1) is 25.2 Å². The van der Waals surface area contributed by atoms with Crippen LogP contribution < -0.4 is 10.9 Å². The summed E-state index contributed by atoms with van der Waals surface area (Å²) in [6.45, 7) is 2.71. The van der Waals surface area contributed by atoms with Gasteiger partial charge in [-0.3, -0.25) is 9.59 Å². The van der Waals surface area contributed by atoms with Gasteiger partial charge < -0.3 is 9.88 Å². The molecular weight excluding hydrogens is 371 g/mol. The number of nitrogens with one attached hydrogen (secondary N) is 1. The van der Waals surface area contributed by atoms with Gasteiger partial charge in [0.15, 0.2) is 0 Å². The zero-order valence-electron chi connectivity index (χ0n) is 13.7. The van der Waals surface area contributed by atoms with Crippen LogP contribution in [0.1, 0.15) is 22.4 Å². The third-order valence-electron chi connectivity index (χ3n) is 3.69. The molecule has 0 atom stereocenters. The maximum atomic E-state index is 12.8. The molecule has 26 heavy (non-hydrogen) atoms. The standard InChI is InChI=1S/C17H13ClF3N3O2/c1-9-5-10(2)24(16(26)12(9)7-22)8-15(25)23-14-6-11(17(19,20)21)3-4-13(14)18/h3-6H,8H2,1-2H3,(H,23,25). The predicted octanol–water partition coefficient (Wildman–Crippen LogP) is 3.65. The van der Waals surface area contributed by atoms with Crippen molar-refractivity contribution in [3.05, 3.63) is 62.0 Å². The van der Waals surface area contributed by atoms with E-state index in [2.05, 4.69) is 5.32 Å². The van der Waals surface area contributed by atoms with Crippen LogP contribution in [0.5, 0.6) is 0 Å². The number of pyridine rings is 1. The first-order valence-electron chi connectivity index (χ1n) is 7.32. The fourth-order valence-electron chi connectivity index (χ4n) is 2.39. The van der Waals surface area contributed by atoms with Crippen molar-refractivity contribution in [2.24, 2.45) is 0 Å². The van der Waals surface area contributed by atoms with Crippen LogP contribution in [-0.4, -0.2) is 10.5 Å². The second kappa shape index (κ2) is 7.22. The van der Waals surface area contributed by atoms with E-state index >= 15 is 0 Å². The lowest BCUT2D eigenvalue weighted by atomic mass is 10.1. The number of carbonyl (C=O) groups excluding carboxylic acids is 1. The molecule has 1 amide bonds. The first kappa shape index (κ1) is 19.5. The van der Waals surface area contributed by atoms with Crippen molar-refractivity contribution < 1.29 is 18.0 Å². The molecule has 0 saturated heterocycles. The molecule has 5 nitrogen and oxygen atoms in total. The van der Waals surface area contributed by atoms with Gasteiger partial charge in [-0.15, -0.1) is 0 Å². The zero-order chi connectivity index (χ0) is 19.6. The van der Waals surface area contributed by atoms with Crippen molar-refractivity contribution >= 4 is 23.2 Å². The molecule has 0 aliphatic heterocycles. The van der Waals surface area contributed by atoms with Crippen molar-refractivity contribution in [2.45, 2.75) is 26.6 Å². The Labute approximate surface area is 151 Å². The molecular formula is C17H13ClF3N3O2. The van der Waals surface area contributed by atoms with E-state index in [9.17, 15) is 22.8 Å². The van der Waals surface area contributed by atoms with Crippen LogP contribution >= 0.6 is 11.6 Å². The summed E-state index contributed by atoms with van der Waals surface area (Å²) >= 11 is 5.83. The highest BCUT2D eigenvalue weighted by Crippen LogP contribution is 2.33. The molecule has 1 N–H and O–H groups in total. The number of rotatable bonds is 3. The van der Waals surface area contributed by atoms with E-state index in [0.29, 0.717) is 17.3 Å². The highest BCUT2D eigenvalue weighted by molar-refractivity contribution is 6.33. The summed E-state index contributed by atoms with van der Waals surface area (Å²) in [5, 5.41) is 11.2. The first-order chi connectivity index (χ1) is 12.0. The van der Waals surface area contributed by atoms with Crippen molar-refractivity contribution in [2.75, 3.05) is 5.32 Å². The Morgan fingerprint density at radius 3 is 2.54 bits per heavy atom. The molecule has 1 aromatic heterocycles. The molecule has 1 heterocycles. The van der Waals surface area contributed by atoms with Crippen LogP contribution in [-0.2, 0) is 17.5 Å². The SMILES string of the molecule is Cc1cc(C)n(CC(=O)Nc2cc(C(F)(F)F)ccc2Cl)c(=O)c1C#N. The molecule has 1 aromatic carbocycles. The molecule has 2 aromatic rings. The van der Waals surface area contributed by atoms with Gasteiger partial charge in [0, 0.05) is 5.69 Å². The fraction of sp³-hybridized carbons (Fsp3) is 0.235. The number of nitrogens with zero attached hydrogens (tertiary/aromatic N) is 2. The van der Waals surface area contributed by atoms with Crippen LogP contribution in [0.2, 0.25) is 5.02 Å². The molecule has 0 bridgehead atoms. The number of carbonyl (C=O) groups is 1. The van der Waals surface area contributed by atoms with E-state index in [4.69, 9.17) is 16.9 Å². The van der Waals surface area contributed by atoms with E-state index < -0.39 is 29.8 Å². The van der Waals surface area contributed by atoms with Gasteiger partial charge in [-0.2, -0.15) is 18.4 Å². The van der Waals surface area contributed by atoms with Crippen LogP contribution in [0.4, 0.5) is 18.9 Å². The molecule has 0 unspecified atom stereocenters. The Morgan fingerprint density at radius 1 is 1.31 bits per heavy atom. The minimum atomic E-state index is -4.59. The van der Waals surface area contributed by atoms with E-state index in [1.165, 1.54) is 0 Å². The Hall–Kier alpha value is -2.79. The first-order valence-corrected chi connectivity index (χ1v) is 7.70. The van der Waals surface area contributed by atoms with Gasteiger partial charge in [0.25, 0.3) is 5.56 Å². The average molecular weight is 384 g/mol. The second-order valence-corrected chi connectivity index (χ2v) is 5.99. The third-order valence-corrected chi connectivity index (χ3v) is 4.02. The summed E-state index contributed by atoms with van der Waals surface area (Å²) in [6.07, 6.45) is -4.59. The number of hydrogen-bond donors (Lipinski definition) is 1. The monoisotopic (exact) mass is 383 g/mol. The summed E-state index contributed by atoms with van der Waals surface area (Å²) < 4.78 is 39.4. The lowest BCUT2D eigenvalue weighted by Crippen LogP contribution is -2.31. The van der Waals surface area contributed by atoms with E-state index in [1.54, 1.807) is 26.0 Å². The fourth-order valence-corrected chi connectivity index (χ4v) is 2.56. The number of anilines is 1. The molecule has 0 saturated carbocycles. The Bertz CT molecular complexity index is 975. The van der Waals surface area contributed by atoms with E-state index in [1.807, 2.05) is 0 Å². The number of hydrogen-bond acceptors (Lipinski definition) is 3. The van der Waals surface area contributed by atoms with Gasteiger partial charge in [0.05, 0.1) is 16.3 Å². The number of halogens is 4.